The van der Waals surface area contributed by atoms with Crippen LogP contribution in [-0.2, 0) is 11.3 Å². The number of phenolic OH excluding ortho intramolecular Hbond substituents is 1. The zero-order valence-corrected chi connectivity index (χ0v) is 22.2. The van der Waals surface area contributed by atoms with Gasteiger partial charge in [-0.25, -0.2) is 9.78 Å². The highest BCUT2D eigenvalue weighted by molar-refractivity contribution is 9.10. The number of aromatic hydroxyl groups is 1. The van der Waals surface area contributed by atoms with Crippen LogP contribution in [-0.4, -0.2) is 37.6 Å². The van der Waals surface area contributed by atoms with Crippen molar-refractivity contribution in [2.24, 2.45) is 0 Å². The van der Waals surface area contributed by atoms with Crippen LogP contribution in [0.2, 0.25) is 0 Å². The first-order valence-electron chi connectivity index (χ1n) is 11.9. The molecular formula is C27H28BrN3O3S. The van der Waals surface area contributed by atoms with Crippen molar-refractivity contribution in [2.45, 2.75) is 44.5 Å². The quantitative estimate of drug-likeness (QED) is 0.233. The minimum Gasteiger partial charge on any atom is -0.506 e. The van der Waals surface area contributed by atoms with Crippen LogP contribution in [0.4, 0.5) is 0 Å². The first-order chi connectivity index (χ1) is 17.0. The van der Waals surface area contributed by atoms with Crippen molar-refractivity contribution >= 4 is 44.6 Å². The predicted molar refractivity (Wildman–Crippen MR) is 143 cm³/mol. The van der Waals surface area contributed by atoms with Crippen molar-refractivity contribution < 1.29 is 14.6 Å². The van der Waals surface area contributed by atoms with E-state index in [2.05, 4.69) is 44.5 Å². The van der Waals surface area contributed by atoms with E-state index in [-0.39, 0.29) is 23.6 Å². The molecule has 0 radical (unpaired) electrons. The Morgan fingerprint density at radius 1 is 1.29 bits per heavy atom. The van der Waals surface area contributed by atoms with Gasteiger partial charge in [0.05, 0.1) is 46.0 Å². The van der Waals surface area contributed by atoms with Crippen LogP contribution in [0.3, 0.4) is 0 Å². The van der Waals surface area contributed by atoms with Gasteiger partial charge in [0.25, 0.3) is 0 Å². The number of hydrogen-bond acceptors (Lipinski definition) is 5. The van der Waals surface area contributed by atoms with E-state index in [4.69, 9.17) is 4.74 Å². The van der Waals surface area contributed by atoms with Crippen LogP contribution in [0.1, 0.15) is 65.2 Å². The van der Waals surface area contributed by atoms with E-state index < -0.39 is 0 Å². The van der Waals surface area contributed by atoms with Gasteiger partial charge in [0.2, 0.25) is 0 Å². The summed E-state index contributed by atoms with van der Waals surface area (Å²) in [4.78, 5) is 17.8. The van der Waals surface area contributed by atoms with Gasteiger partial charge in [-0.2, -0.15) is 0 Å². The van der Waals surface area contributed by atoms with Gasteiger partial charge < -0.3 is 19.0 Å². The van der Waals surface area contributed by atoms with E-state index in [1.54, 1.807) is 12.5 Å². The molecular weight excluding hydrogens is 526 g/mol. The zero-order chi connectivity index (χ0) is 24.5. The maximum atomic E-state index is 13.7. The Morgan fingerprint density at radius 3 is 2.69 bits per heavy atom. The monoisotopic (exact) mass is 553 g/mol. The molecule has 1 aliphatic carbocycles. The van der Waals surface area contributed by atoms with Crippen LogP contribution in [0, 0.1) is 0 Å². The van der Waals surface area contributed by atoms with Crippen molar-refractivity contribution in [2.75, 3.05) is 12.4 Å². The summed E-state index contributed by atoms with van der Waals surface area (Å²) < 4.78 is 10.5. The molecule has 1 saturated carbocycles. The van der Waals surface area contributed by atoms with Crippen molar-refractivity contribution in [3.63, 3.8) is 0 Å². The molecule has 1 atom stereocenters. The number of nitrogens with zero attached hydrogens (tertiary/aromatic N) is 3. The second-order valence-corrected chi connectivity index (χ2v) is 10.9. The Bertz CT molecular complexity index is 1350. The van der Waals surface area contributed by atoms with E-state index in [1.165, 1.54) is 0 Å². The fourth-order valence-electron chi connectivity index (χ4n) is 4.76. The molecule has 1 aliphatic rings. The molecule has 5 rings (SSSR count). The summed E-state index contributed by atoms with van der Waals surface area (Å²) in [7, 11) is 0. The lowest BCUT2D eigenvalue weighted by Crippen LogP contribution is -2.13. The van der Waals surface area contributed by atoms with Gasteiger partial charge in [0.1, 0.15) is 5.75 Å². The number of esters is 1. The molecule has 4 aromatic rings. The summed E-state index contributed by atoms with van der Waals surface area (Å²) in [5, 5.41) is 11.9. The average molecular weight is 555 g/mol. The van der Waals surface area contributed by atoms with Gasteiger partial charge in [0, 0.05) is 29.4 Å². The Hall–Kier alpha value is -2.71. The molecule has 1 unspecified atom stereocenters. The third kappa shape index (κ3) is 4.49. The summed E-state index contributed by atoms with van der Waals surface area (Å²) in [6, 6.07) is 12.6. The molecule has 0 saturated heterocycles. The molecule has 1 fully saturated rings. The molecule has 0 spiro atoms. The minimum atomic E-state index is -0.349. The number of hydrogen-bond donors (Lipinski definition) is 1. The number of aromatic nitrogens is 3. The second kappa shape index (κ2) is 10.1. The summed E-state index contributed by atoms with van der Waals surface area (Å²) in [6.45, 7) is 4.64. The van der Waals surface area contributed by atoms with Gasteiger partial charge in [-0.15, -0.1) is 11.8 Å². The van der Waals surface area contributed by atoms with Crippen LogP contribution in [0.5, 0.6) is 5.75 Å². The number of carbonyl (C=O) groups is 1. The summed E-state index contributed by atoms with van der Waals surface area (Å²) in [6.07, 6.45) is 7.41. The molecule has 182 valence electrons. The van der Waals surface area contributed by atoms with E-state index in [9.17, 15) is 9.90 Å². The lowest BCUT2D eigenvalue weighted by molar-refractivity contribution is 0.0527. The fraction of sp³-hybridized carbons (Fsp3) is 0.333. The molecule has 2 aromatic carbocycles. The number of thioether (sulfide) groups is 1. The summed E-state index contributed by atoms with van der Waals surface area (Å²) in [5.41, 5.74) is 4.30. The SMILES string of the molecule is CCOC(=O)c1c(C(SCC)c2ccccc2)n(C2CC2)c2cc(Br)c(O)c(Cn3ccnc3)c12. The molecule has 2 heterocycles. The Labute approximate surface area is 217 Å². The highest BCUT2D eigenvalue weighted by Gasteiger charge is 2.37. The van der Waals surface area contributed by atoms with E-state index in [1.807, 2.05) is 53.7 Å². The lowest BCUT2D eigenvalue weighted by Gasteiger charge is -2.21. The maximum Gasteiger partial charge on any atom is 0.340 e. The van der Waals surface area contributed by atoms with Gasteiger partial charge in [-0.05, 0) is 53.1 Å². The largest absolute Gasteiger partial charge is 0.506 e. The summed E-state index contributed by atoms with van der Waals surface area (Å²) in [5.74, 6) is 0.680. The normalized spacial score (nSPS) is 14.4. The van der Waals surface area contributed by atoms with Crippen molar-refractivity contribution in [3.8, 4) is 5.75 Å². The number of carbonyl (C=O) groups excluding carboxylic acids is 1. The van der Waals surface area contributed by atoms with Gasteiger partial charge in [0.15, 0.2) is 0 Å². The van der Waals surface area contributed by atoms with Gasteiger partial charge in [-0.1, -0.05) is 37.3 Å². The van der Waals surface area contributed by atoms with Crippen molar-refractivity contribution in [3.05, 3.63) is 82.0 Å². The highest BCUT2D eigenvalue weighted by Crippen LogP contribution is 2.50. The predicted octanol–water partition coefficient (Wildman–Crippen LogP) is 6.71. The molecule has 0 amide bonds. The Balaban J connectivity index is 1.87. The molecule has 0 aliphatic heterocycles. The first-order valence-corrected chi connectivity index (χ1v) is 13.8. The number of rotatable bonds is 9. The van der Waals surface area contributed by atoms with Gasteiger partial charge in [-0.3, -0.25) is 0 Å². The van der Waals surface area contributed by atoms with Crippen molar-refractivity contribution in [1.29, 1.82) is 0 Å². The standard InChI is InChI=1S/C27H28BrN3O3S/c1-3-34-27(33)23-22-19(15-30-13-12-29-16-30)25(32)20(28)14-21(22)31(18-10-11-18)24(23)26(35-4-2)17-8-6-5-7-9-17/h5-9,12-14,16,18,26,32H,3-4,10-11,15H2,1-2H3. The molecule has 1 N–H and O–H groups in total. The number of fused-ring (bicyclic) bond motifs is 1. The van der Waals surface area contributed by atoms with E-state index >= 15 is 0 Å². The number of imidazole rings is 1. The number of halogens is 1. The highest BCUT2D eigenvalue weighted by atomic mass is 79.9. The van der Waals surface area contributed by atoms with Crippen LogP contribution in [0.15, 0.2) is 59.6 Å². The Morgan fingerprint density at radius 2 is 2.06 bits per heavy atom. The van der Waals surface area contributed by atoms with E-state index in [0.717, 1.165) is 40.8 Å². The minimum absolute atomic E-state index is 0.0457. The first kappa shape index (κ1) is 24.0. The number of phenols is 1. The fourth-order valence-corrected chi connectivity index (χ4v) is 6.29. The molecule has 8 heteroatoms. The molecule has 2 aromatic heterocycles. The zero-order valence-electron chi connectivity index (χ0n) is 19.8. The number of benzene rings is 2. The third-order valence-electron chi connectivity index (χ3n) is 6.33. The van der Waals surface area contributed by atoms with Crippen LogP contribution >= 0.6 is 27.7 Å². The topological polar surface area (TPSA) is 69.3 Å². The average Bonchev–Trinajstić information content (AvgIpc) is 3.45. The molecule has 0 bridgehead atoms. The molecule has 6 nitrogen and oxygen atoms in total. The molecule has 35 heavy (non-hydrogen) atoms. The maximum absolute atomic E-state index is 13.7. The van der Waals surface area contributed by atoms with Gasteiger partial charge >= 0.3 is 5.97 Å². The van der Waals surface area contributed by atoms with E-state index in [0.29, 0.717) is 28.2 Å². The van der Waals surface area contributed by atoms with Crippen molar-refractivity contribution in [1.82, 2.24) is 14.1 Å². The number of ether oxygens (including phenoxy) is 1. The van der Waals surface area contributed by atoms with Crippen LogP contribution < -0.4 is 0 Å². The van der Waals surface area contributed by atoms with Crippen LogP contribution in [0.25, 0.3) is 10.9 Å². The second-order valence-electron chi connectivity index (χ2n) is 8.64. The lowest BCUT2D eigenvalue weighted by atomic mass is 10.0. The Kier molecular flexibility index (Phi) is 6.93. The summed E-state index contributed by atoms with van der Waals surface area (Å²) >= 11 is 5.39. The third-order valence-corrected chi connectivity index (χ3v) is 8.10. The smallest absolute Gasteiger partial charge is 0.340 e.